The number of nitrogens with zero attached hydrogens (tertiary/aromatic N) is 2. The molecule has 1 saturated carbocycles. The van der Waals surface area contributed by atoms with Gasteiger partial charge in [-0.1, -0.05) is 31.4 Å². The smallest absolute Gasteiger partial charge is 0.244 e. The first-order chi connectivity index (χ1) is 10.2. The van der Waals surface area contributed by atoms with E-state index in [2.05, 4.69) is 20.5 Å². The Balaban J connectivity index is 1.76. The zero-order chi connectivity index (χ0) is 14.7. The van der Waals surface area contributed by atoms with E-state index >= 15 is 0 Å². The van der Waals surface area contributed by atoms with Crippen LogP contribution >= 0.6 is 0 Å². The summed E-state index contributed by atoms with van der Waals surface area (Å²) in [6, 6.07) is 7.50. The highest BCUT2D eigenvalue weighted by Crippen LogP contribution is 2.27. The van der Waals surface area contributed by atoms with Gasteiger partial charge in [0, 0.05) is 11.3 Å². The number of nitrogens with two attached hydrogens (primary N) is 1. The van der Waals surface area contributed by atoms with Crippen LogP contribution in [0.1, 0.15) is 32.1 Å². The average molecular weight is 285 g/mol. The largest absolute Gasteiger partial charge is 0.324 e. The predicted molar refractivity (Wildman–Crippen MR) is 80.5 cm³/mol. The van der Waals surface area contributed by atoms with Gasteiger partial charge < -0.3 is 11.1 Å². The summed E-state index contributed by atoms with van der Waals surface area (Å²) in [4.78, 5) is 16.5. The Kier molecular flexibility index (Phi) is 3.70. The van der Waals surface area contributed by atoms with Crippen molar-refractivity contribution in [1.29, 1.82) is 0 Å². The van der Waals surface area contributed by atoms with E-state index < -0.39 is 5.54 Å². The summed E-state index contributed by atoms with van der Waals surface area (Å²) >= 11 is 0. The molecule has 1 aliphatic rings. The molecular formula is C15H19N5O. The minimum Gasteiger partial charge on any atom is -0.324 e. The zero-order valence-corrected chi connectivity index (χ0v) is 11.8. The summed E-state index contributed by atoms with van der Waals surface area (Å²) in [7, 11) is 0. The van der Waals surface area contributed by atoms with E-state index in [0.717, 1.165) is 43.4 Å². The fourth-order valence-electron chi connectivity index (χ4n) is 2.75. The topological polar surface area (TPSA) is 96.7 Å². The van der Waals surface area contributed by atoms with Crippen LogP contribution in [0.4, 0.5) is 5.69 Å². The van der Waals surface area contributed by atoms with Crippen molar-refractivity contribution in [2.24, 2.45) is 5.73 Å². The van der Waals surface area contributed by atoms with E-state index in [4.69, 9.17) is 5.73 Å². The molecule has 110 valence electrons. The molecule has 0 unspecified atom stereocenters. The number of H-pyrrole nitrogens is 1. The van der Waals surface area contributed by atoms with Gasteiger partial charge in [-0.2, -0.15) is 5.10 Å². The van der Waals surface area contributed by atoms with Gasteiger partial charge in [-0.3, -0.25) is 9.89 Å². The van der Waals surface area contributed by atoms with Gasteiger partial charge in [0.15, 0.2) is 5.82 Å². The molecule has 0 saturated heterocycles. The van der Waals surface area contributed by atoms with Crippen LogP contribution in [-0.4, -0.2) is 26.6 Å². The number of nitrogens with one attached hydrogen (secondary N) is 2. The van der Waals surface area contributed by atoms with Crippen molar-refractivity contribution in [1.82, 2.24) is 15.2 Å². The van der Waals surface area contributed by atoms with Gasteiger partial charge in [0.2, 0.25) is 5.91 Å². The lowest BCUT2D eigenvalue weighted by atomic mass is 9.82. The molecule has 0 radical (unpaired) electrons. The van der Waals surface area contributed by atoms with Gasteiger partial charge in [-0.25, -0.2) is 4.98 Å². The molecule has 0 aliphatic heterocycles. The summed E-state index contributed by atoms with van der Waals surface area (Å²) in [6.07, 6.45) is 6.15. The Hall–Kier alpha value is -2.21. The molecule has 3 rings (SSSR count). The van der Waals surface area contributed by atoms with Crippen molar-refractivity contribution in [2.75, 3.05) is 5.32 Å². The van der Waals surface area contributed by atoms with Crippen LogP contribution in [0.2, 0.25) is 0 Å². The minimum absolute atomic E-state index is 0.100. The third-order valence-electron chi connectivity index (χ3n) is 4.01. The summed E-state index contributed by atoms with van der Waals surface area (Å²) in [5.41, 5.74) is 7.11. The first-order valence-electron chi connectivity index (χ1n) is 7.23. The summed E-state index contributed by atoms with van der Waals surface area (Å²) < 4.78 is 0. The number of benzene rings is 1. The minimum atomic E-state index is -0.736. The lowest BCUT2D eigenvalue weighted by Crippen LogP contribution is -2.52. The van der Waals surface area contributed by atoms with Gasteiger partial charge in [-0.05, 0) is 25.0 Å². The number of aromatic amines is 1. The van der Waals surface area contributed by atoms with Gasteiger partial charge in [0.25, 0.3) is 0 Å². The number of rotatable bonds is 3. The van der Waals surface area contributed by atoms with Crippen LogP contribution in [0.3, 0.4) is 0 Å². The number of carbonyl (C=O) groups is 1. The van der Waals surface area contributed by atoms with Crippen molar-refractivity contribution in [3.8, 4) is 11.4 Å². The molecule has 0 spiro atoms. The third-order valence-corrected chi connectivity index (χ3v) is 4.01. The molecule has 1 aliphatic carbocycles. The van der Waals surface area contributed by atoms with Gasteiger partial charge in [0.05, 0.1) is 5.54 Å². The van der Waals surface area contributed by atoms with E-state index in [1.54, 1.807) is 0 Å². The maximum absolute atomic E-state index is 12.4. The Morgan fingerprint density at radius 3 is 2.81 bits per heavy atom. The number of aromatic nitrogens is 3. The van der Waals surface area contributed by atoms with Crippen LogP contribution in [0.25, 0.3) is 11.4 Å². The molecule has 1 heterocycles. The van der Waals surface area contributed by atoms with E-state index in [1.807, 2.05) is 24.3 Å². The summed E-state index contributed by atoms with van der Waals surface area (Å²) in [6.45, 7) is 0. The number of carbonyl (C=O) groups excluding carboxylic acids is 1. The average Bonchev–Trinajstić information content (AvgIpc) is 3.02. The number of hydrogen-bond acceptors (Lipinski definition) is 4. The highest BCUT2D eigenvalue weighted by atomic mass is 16.2. The molecule has 1 amide bonds. The molecule has 0 bridgehead atoms. The van der Waals surface area contributed by atoms with E-state index in [-0.39, 0.29) is 5.91 Å². The number of hydrogen-bond donors (Lipinski definition) is 3. The fraction of sp³-hybridized carbons (Fsp3) is 0.400. The predicted octanol–water partition coefficient (Wildman–Crippen LogP) is 2.07. The molecule has 1 fully saturated rings. The van der Waals surface area contributed by atoms with Crippen molar-refractivity contribution < 1.29 is 4.79 Å². The van der Waals surface area contributed by atoms with Crippen molar-refractivity contribution in [3.63, 3.8) is 0 Å². The molecular weight excluding hydrogens is 266 g/mol. The SMILES string of the molecule is NC1(C(=O)Nc2cccc(-c3ncn[nH]3)c2)CCCCC1. The van der Waals surface area contributed by atoms with E-state index in [0.29, 0.717) is 5.82 Å². The molecule has 1 aromatic carbocycles. The third kappa shape index (κ3) is 2.95. The van der Waals surface area contributed by atoms with E-state index in [9.17, 15) is 4.79 Å². The molecule has 1 aromatic heterocycles. The Morgan fingerprint density at radius 2 is 2.10 bits per heavy atom. The first-order valence-corrected chi connectivity index (χ1v) is 7.23. The van der Waals surface area contributed by atoms with E-state index in [1.165, 1.54) is 6.33 Å². The van der Waals surface area contributed by atoms with Gasteiger partial charge in [0.1, 0.15) is 6.33 Å². The Bertz CT molecular complexity index is 617. The van der Waals surface area contributed by atoms with Crippen LogP contribution in [-0.2, 0) is 4.79 Å². The molecule has 21 heavy (non-hydrogen) atoms. The molecule has 6 nitrogen and oxygen atoms in total. The molecule has 6 heteroatoms. The first kappa shape index (κ1) is 13.8. The van der Waals surface area contributed by atoms with Gasteiger partial charge in [-0.15, -0.1) is 0 Å². The summed E-state index contributed by atoms with van der Waals surface area (Å²) in [5.74, 6) is 0.572. The quantitative estimate of drug-likeness (QED) is 0.804. The fourth-order valence-corrected chi connectivity index (χ4v) is 2.75. The maximum atomic E-state index is 12.4. The number of anilines is 1. The zero-order valence-electron chi connectivity index (χ0n) is 11.8. The van der Waals surface area contributed by atoms with Crippen LogP contribution < -0.4 is 11.1 Å². The van der Waals surface area contributed by atoms with Crippen molar-refractivity contribution in [2.45, 2.75) is 37.6 Å². The number of amides is 1. The second-order valence-corrected chi connectivity index (χ2v) is 5.59. The highest BCUT2D eigenvalue weighted by molar-refractivity contribution is 5.98. The standard InChI is InChI=1S/C15H19N5O/c16-15(7-2-1-3-8-15)14(21)19-12-6-4-5-11(9-12)13-17-10-18-20-13/h4-6,9-10H,1-3,7-8,16H2,(H,19,21)(H,17,18,20). The Labute approximate surface area is 123 Å². The lowest BCUT2D eigenvalue weighted by Gasteiger charge is -2.31. The van der Waals surface area contributed by atoms with Crippen molar-refractivity contribution >= 4 is 11.6 Å². The van der Waals surface area contributed by atoms with Crippen LogP contribution in [0, 0.1) is 0 Å². The highest BCUT2D eigenvalue weighted by Gasteiger charge is 2.35. The molecule has 4 N–H and O–H groups in total. The maximum Gasteiger partial charge on any atom is 0.244 e. The summed E-state index contributed by atoms with van der Waals surface area (Å²) in [5, 5.41) is 9.56. The van der Waals surface area contributed by atoms with Crippen molar-refractivity contribution in [3.05, 3.63) is 30.6 Å². The molecule has 0 atom stereocenters. The van der Waals surface area contributed by atoms with Crippen LogP contribution in [0.15, 0.2) is 30.6 Å². The second kappa shape index (κ2) is 5.65. The van der Waals surface area contributed by atoms with Crippen LogP contribution in [0.5, 0.6) is 0 Å². The van der Waals surface area contributed by atoms with Gasteiger partial charge >= 0.3 is 0 Å². The second-order valence-electron chi connectivity index (χ2n) is 5.59. The normalized spacial score (nSPS) is 17.4. The lowest BCUT2D eigenvalue weighted by molar-refractivity contribution is -0.122. The monoisotopic (exact) mass is 285 g/mol. The Morgan fingerprint density at radius 1 is 1.29 bits per heavy atom. The molecule has 2 aromatic rings.